The van der Waals surface area contributed by atoms with Crippen LogP contribution in [0.25, 0.3) is 0 Å². The Bertz CT molecular complexity index is 850. The molecule has 0 aliphatic carbocycles. The lowest BCUT2D eigenvalue weighted by atomic mass is 9.92. The zero-order chi connectivity index (χ0) is 20.3. The van der Waals surface area contributed by atoms with Gasteiger partial charge in [-0.05, 0) is 43.7 Å². The Hall–Kier alpha value is -3.06. The van der Waals surface area contributed by atoms with Crippen molar-refractivity contribution >= 4 is 11.9 Å². The number of hydrogen-bond acceptors (Lipinski definition) is 5. The average molecular weight is 384 g/mol. The van der Waals surface area contributed by atoms with Gasteiger partial charge in [0.15, 0.2) is 0 Å². The number of hydrogen-bond donors (Lipinski definition) is 2. The number of urea groups is 1. The fourth-order valence-corrected chi connectivity index (χ4v) is 3.07. The molecule has 2 aromatic carbocycles. The zero-order valence-corrected chi connectivity index (χ0v) is 16.1. The number of nitrogens with one attached hydrogen (secondary N) is 1. The Morgan fingerprint density at radius 3 is 2.29 bits per heavy atom. The van der Waals surface area contributed by atoms with Gasteiger partial charge in [-0.3, -0.25) is 9.69 Å². The van der Waals surface area contributed by atoms with Gasteiger partial charge in [0.1, 0.15) is 29.7 Å². The lowest BCUT2D eigenvalue weighted by Gasteiger charge is -2.23. The summed E-state index contributed by atoms with van der Waals surface area (Å²) in [6.45, 7) is 3.43. The van der Waals surface area contributed by atoms with E-state index in [0.29, 0.717) is 17.1 Å². The van der Waals surface area contributed by atoms with Gasteiger partial charge in [0, 0.05) is 0 Å². The van der Waals surface area contributed by atoms with Crippen LogP contribution >= 0.6 is 0 Å². The van der Waals surface area contributed by atoms with Crippen molar-refractivity contribution in [3.05, 3.63) is 59.7 Å². The summed E-state index contributed by atoms with van der Waals surface area (Å²) in [7, 11) is 1.56. The van der Waals surface area contributed by atoms with Crippen LogP contribution in [0.3, 0.4) is 0 Å². The molecule has 1 aliphatic rings. The number of rotatable bonds is 7. The number of carbonyl (C=O) groups excluding carboxylic acids is 2. The Balaban J connectivity index is 1.64. The fraction of sp³-hybridized carbons (Fsp3) is 0.333. The minimum Gasteiger partial charge on any atom is -0.497 e. The molecule has 1 heterocycles. The molecule has 7 nitrogen and oxygen atoms in total. The first-order valence-corrected chi connectivity index (χ1v) is 8.99. The Morgan fingerprint density at radius 2 is 1.68 bits per heavy atom. The Kier molecular flexibility index (Phi) is 5.56. The molecule has 0 aromatic heterocycles. The number of ether oxygens (including phenoxy) is 2. The molecule has 0 radical (unpaired) electrons. The third kappa shape index (κ3) is 3.94. The molecule has 28 heavy (non-hydrogen) atoms. The van der Waals surface area contributed by atoms with Gasteiger partial charge in [-0.15, -0.1) is 0 Å². The number of aryl methyl sites for hydroxylation is 1. The topological polar surface area (TPSA) is 88.1 Å². The first-order chi connectivity index (χ1) is 13.3. The maximum Gasteiger partial charge on any atom is 0.325 e. The van der Waals surface area contributed by atoms with Gasteiger partial charge in [-0.2, -0.15) is 0 Å². The highest BCUT2D eigenvalue weighted by atomic mass is 16.5. The zero-order valence-electron chi connectivity index (χ0n) is 16.1. The molecule has 1 aliphatic heterocycles. The minimum atomic E-state index is -1.19. The summed E-state index contributed by atoms with van der Waals surface area (Å²) >= 11 is 0. The highest BCUT2D eigenvalue weighted by Gasteiger charge is 2.49. The molecular weight excluding hydrogens is 360 g/mol. The van der Waals surface area contributed by atoms with Crippen LogP contribution in [0.5, 0.6) is 11.5 Å². The number of β-amino-alcohol motifs (C(OH)–C–C–N with tert-alkyl or cyclic N) is 1. The summed E-state index contributed by atoms with van der Waals surface area (Å²) in [6.07, 6.45) is -1.01. The standard InChI is InChI=1S/C21H24N2O5/c1-14-4-8-18(9-5-14)28-13-16(24)12-23-19(25)21(2,22-20(23)26)15-6-10-17(27-3)11-7-15/h4-11,16,24H,12-13H2,1-3H3,(H,22,26)/t16-,21+/m0/s1. The summed E-state index contributed by atoms with van der Waals surface area (Å²) in [6, 6.07) is 13.8. The van der Waals surface area contributed by atoms with Gasteiger partial charge in [-0.25, -0.2) is 4.79 Å². The predicted octanol–water partition coefficient (Wildman–Crippen LogP) is 2.21. The van der Waals surface area contributed by atoms with E-state index in [1.165, 1.54) is 0 Å². The lowest BCUT2D eigenvalue weighted by Crippen LogP contribution is -2.42. The van der Waals surface area contributed by atoms with E-state index in [-0.39, 0.29) is 13.2 Å². The Labute approximate surface area is 163 Å². The number of nitrogens with zero attached hydrogens (tertiary/aromatic N) is 1. The summed E-state index contributed by atoms with van der Waals surface area (Å²) < 4.78 is 10.7. The molecule has 2 aromatic rings. The predicted molar refractivity (Wildman–Crippen MR) is 103 cm³/mol. The molecule has 3 rings (SSSR count). The monoisotopic (exact) mass is 384 g/mol. The molecule has 2 N–H and O–H groups in total. The molecule has 0 spiro atoms. The van der Waals surface area contributed by atoms with Crippen molar-refractivity contribution in [3.63, 3.8) is 0 Å². The normalized spacial score (nSPS) is 20.1. The smallest absolute Gasteiger partial charge is 0.325 e. The van der Waals surface area contributed by atoms with E-state index in [0.717, 1.165) is 10.5 Å². The van der Waals surface area contributed by atoms with Crippen molar-refractivity contribution in [2.75, 3.05) is 20.3 Å². The number of methoxy groups -OCH3 is 1. The summed E-state index contributed by atoms with van der Waals surface area (Å²) in [4.78, 5) is 26.3. The minimum absolute atomic E-state index is 0.0284. The van der Waals surface area contributed by atoms with Crippen molar-refractivity contribution in [3.8, 4) is 11.5 Å². The fourth-order valence-electron chi connectivity index (χ4n) is 3.07. The first-order valence-electron chi connectivity index (χ1n) is 8.99. The molecule has 0 saturated carbocycles. The molecule has 2 atom stereocenters. The SMILES string of the molecule is COc1ccc([C@@]2(C)NC(=O)N(C[C@H](O)COc3ccc(C)cc3)C2=O)cc1. The molecule has 148 valence electrons. The van der Waals surface area contributed by atoms with Gasteiger partial charge in [0.2, 0.25) is 0 Å². The molecule has 7 heteroatoms. The molecule has 1 fully saturated rings. The van der Waals surface area contributed by atoms with Gasteiger partial charge in [-0.1, -0.05) is 29.8 Å². The highest BCUT2D eigenvalue weighted by Crippen LogP contribution is 2.30. The number of imide groups is 1. The van der Waals surface area contributed by atoms with Gasteiger partial charge < -0.3 is 19.9 Å². The lowest BCUT2D eigenvalue weighted by molar-refractivity contribution is -0.132. The summed E-state index contributed by atoms with van der Waals surface area (Å²) in [5.74, 6) is 0.853. The van der Waals surface area contributed by atoms with Crippen molar-refractivity contribution in [2.45, 2.75) is 25.5 Å². The molecule has 1 saturated heterocycles. The van der Waals surface area contributed by atoms with Crippen LogP contribution in [0.4, 0.5) is 4.79 Å². The van der Waals surface area contributed by atoms with Gasteiger partial charge >= 0.3 is 6.03 Å². The summed E-state index contributed by atoms with van der Waals surface area (Å²) in [5, 5.41) is 13.0. The van der Waals surface area contributed by atoms with E-state index < -0.39 is 23.6 Å². The van der Waals surface area contributed by atoms with Crippen molar-refractivity contribution < 1.29 is 24.2 Å². The Morgan fingerprint density at radius 1 is 1.07 bits per heavy atom. The van der Waals surface area contributed by atoms with Crippen LogP contribution in [0.2, 0.25) is 0 Å². The largest absolute Gasteiger partial charge is 0.497 e. The van der Waals surface area contributed by atoms with Crippen LogP contribution in [0.15, 0.2) is 48.5 Å². The van der Waals surface area contributed by atoms with Crippen LogP contribution < -0.4 is 14.8 Å². The maximum atomic E-state index is 12.9. The second kappa shape index (κ2) is 7.90. The quantitative estimate of drug-likeness (QED) is 0.715. The average Bonchev–Trinajstić information content (AvgIpc) is 2.91. The number of amides is 3. The van der Waals surface area contributed by atoms with Crippen LogP contribution in [0.1, 0.15) is 18.1 Å². The van der Waals surface area contributed by atoms with Gasteiger partial charge in [0.25, 0.3) is 5.91 Å². The highest BCUT2D eigenvalue weighted by molar-refractivity contribution is 6.07. The third-order valence-electron chi connectivity index (χ3n) is 4.80. The third-order valence-corrected chi connectivity index (χ3v) is 4.80. The van der Waals surface area contributed by atoms with E-state index in [1.807, 2.05) is 19.1 Å². The van der Waals surface area contributed by atoms with Crippen molar-refractivity contribution in [1.82, 2.24) is 10.2 Å². The number of carbonyl (C=O) groups is 2. The number of benzene rings is 2. The van der Waals surface area contributed by atoms with Crippen molar-refractivity contribution in [2.24, 2.45) is 0 Å². The molecule has 3 amide bonds. The van der Waals surface area contributed by atoms with E-state index >= 15 is 0 Å². The molecule has 0 unspecified atom stereocenters. The maximum absolute atomic E-state index is 12.9. The van der Waals surface area contributed by atoms with E-state index in [1.54, 1.807) is 50.4 Å². The van der Waals surface area contributed by atoms with Crippen LogP contribution in [-0.2, 0) is 10.3 Å². The van der Waals surface area contributed by atoms with Gasteiger partial charge in [0.05, 0.1) is 13.7 Å². The molecular formula is C21H24N2O5. The van der Waals surface area contributed by atoms with Crippen molar-refractivity contribution in [1.29, 1.82) is 0 Å². The second-order valence-corrected chi connectivity index (χ2v) is 6.98. The first kappa shape index (κ1) is 19.7. The van der Waals surface area contributed by atoms with E-state index in [9.17, 15) is 14.7 Å². The number of aliphatic hydroxyl groups is 1. The van der Waals surface area contributed by atoms with E-state index in [4.69, 9.17) is 9.47 Å². The van der Waals surface area contributed by atoms with Crippen LogP contribution in [0, 0.1) is 6.92 Å². The van der Waals surface area contributed by atoms with Crippen LogP contribution in [-0.4, -0.2) is 48.3 Å². The number of aliphatic hydroxyl groups excluding tert-OH is 1. The van der Waals surface area contributed by atoms with E-state index in [2.05, 4.69) is 5.32 Å². The second-order valence-electron chi connectivity index (χ2n) is 6.98. The molecule has 0 bridgehead atoms. The summed E-state index contributed by atoms with van der Waals surface area (Å²) in [5.41, 5.74) is 0.547.